The van der Waals surface area contributed by atoms with Crippen LogP contribution in [-0.4, -0.2) is 25.5 Å². The number of nitrogens with two attached hydrogens (primary N) is 1. The van der Waals surface area contributed by atoms with Gasteiger partial charge in [-0.2, -0.15) is 0 Å². The molecule has 3 heteroatoms. The molecule has 1 aromatic carbocycles. The Morgan fingerprint density at radius 3 is 2.40 bits per heavy atom. The van der Waals surface area contributed by atoms with Crippen LogP contribution in [-0.2, 0) is 6.42 Å². The number of rotatable bonds is 5. The highest BCUT2D eigenvalue weighted by Crippen LogP contribution is 2.14. The molecule has 15 heavy (non-hydrogen) atoms. The summed E-state index contributed by atoms with van der Waals surface area (Å²) >= 11 is 5.69. The van der Waals surface area contributed by atoms with Crippen molar-refractivity contribution in [1.29, 1.82) is 0 Å². The van der Waals surface area contributed by atoms with Crippen LogP contribution in [0.3, 0.4) is 0 Å². The van der Waals surface area contributed by atoms with E-state index in [0.717, 1.165) is 13.0 Å². The van der Waals surface area contributed by atoms with Gasteiger partial charge in [-0.05, 0) is 31.0 Å². The van der Waals surface area contributed by atoms with E-state index in [0.29, 0.717) is 5.88 Å². The minimum Gasteiger partial charge on any atom is -0.373 e. The molecule has 0 aliphatic carbocycles. The molecule has 1 unspecified atom stereocenters. The molecule has 0 aliphatic rings. The summed E-state index contributed by atoms with van der Waals surface area (Å²) in [6.07, 6.45) is 0.930. The number of halogens is 1. The highest BCUT2D eigenvalue weighted by molar-refractivity contribution is 6.18. The maximum Gasteiger partial charge on any atom is 0.0399 e. The van der Waals surface area contributed by atoms with Gasteiger partial charge in [0.15, 0.2) is 0 Å². The molecule has 0 saturated carbocycles. The van der Waals surface area contributed by atoms with E-state index in [4.69, 9.17) is 17.3 Å². The van der Waals surface area contributed by atoms with E-state index in [2.05, 4.69) is 29.2 Å². The second kappa shape index (κ2) is 5.99. The molecule has 0 bridgehead atoms. The molecule has 2 nitrogen and oxygen atoms in total. The van der Waals surface area contributed by atoms with E-state index in [1.807, 2.05) is 14.0 Å². The van der Waals surface area contributed by atoms with Gasteiger partial charge in [0.2, 0.25) is 0 Å². The molecule has 2 N–H and O–H groups in total. The largest absolute Gasteiger partial charge is 0.373 e. The highest BCUT2D eigenvalue weighted by Gasteiger charge is 2.01. The molecular weight excluding hydrogens is 208 g/mol. The van der Waals surface area contributed by atoms with Crippen molar-refractivity contribution in [1.82, 2.24) is 0 Å². The molecule has 0 heterocycles. The van der Waals surface area contributed by atoms with Crippen molar-refractivity contribution < 1.29 is 0 Å². The molecule has 1 atom stereocenters. The minimum atomic E-state index is 0.219. The summed E-state index contributed by atoms with van der Waals surface area (Å²) in [6, 6.07) is 8.71. The summed E-state index contributed by atoms with van der Waals surface area (Å²) < 4.78 is 0. The molecule has 0 aromatic heterocycles. The summed E-state index contributed by atoms with van der Waals surface area (Å²) in [6.45, 7) is 2.89. The fourth-order valence-electron chi connectivity index (χ4n) is 1.51. The number of alkyl halides is 1. The Hall–Kier alpha value is -0.730. The van der Waals surface area contributed by atoms with Gasteiger partial charge in [0.1, 0.15) is 0 Å². The quantitative estimate of drug-likeness (QED) is 0.781. The van der Waals surface area contributed by atoms with Gasteiger partial charge >= 0.3 is 0 Å². The first-order chi connectivity index (χ1) is 7.13. The Kier molecular flexibility index (Phi) is 4.92. The van der Waals surface area contributed by atoms with Crippen LogP contribution in [0, 0.1) is 0 Å². The van der Waals surface area contributed by atoms with E-state index >= 15 is 0 Å². The lowest BCUT2D eigenvalue weighted by molar-refractivity contribution is 0.738. The van der Waals surface area contributed by atoms with Gasteiger partial charge in [0.25, 0.3) is 0 Å². The summed E-state index contributed by atoms with van der Waals surface area (Å²) in [5.41, 5.74) is 8.23. The molecule has 0 amide bonds. The normalized spacial score (nSPS) is 12.5. The highest BCUT2D eigenvalue weighted by atomic mass is 35.5. The lowest BCUT2D eigenvalue weighted by Crippen LogP contribution is -2.20. The fourth-order valence-corrected chi connectivity index (χ4v) is 1.77. The first-order valence-corrected chi connectivity index (χ1v) is 5.78. The van der Waals surface area contributed by atoms with Gasteiger partial charge in [-0.1, -0.05) is 12.1 Å². The molecule has 0 radical (unpaired) electrons. The van der Waals surface area contributed by atoms with Crippen LogP contribution in [0.25, 0.3) is 0 Å². The van der Waals surface area contributed by atoms with E-state index in [9.17, 15) is 0 Å². The van der Waals surface area contributed by atoms with Gasteiger partial charge in [-0.15, -0.1) is 11.6 Å². The van der Waals surface area contributed by atoms with Gasteiger partial charge in [-0.25, -0.2) is 0 Å². The zero-order valence-electron chi connectivity index (χ0n) is 9.41. The predicted octanol–water partition coefficient (Wildman–Crippen LogP) is 2.25. The van der Waals surface area contributed by atoms with Crippen LogP contribution in [0.4, 0.5) is 5.69 Å². The van der Waals surface area contributed by atoms with Gasteiger partial charge in [0.05, 0.1) is 0 Å². The number of nitrogens with zero attached hydrogens (tertiary/aromatic N) is 1. The summed E-state index contributed by atoms with van der Waals surface area (Å²) in [5, 5.41) is 0. The first kappa shape index (κ1) is 12.3. The average Bonchev–Trinajstić information content (AvgIpc) is 2.18. The van der Waals surface area contributed by atoms with Crippen LogP contribution >= 0.6 is 11.6 Å². The summed E-state index contributed by atoms with van der Waals surface area (Å²) in [5.74, 6) is 0.651. The number of hydrogen-bond donors (Lipinski definition) is 1. The molecule has 0 spiro atoms. The average molecular weight is 227 g/mol. The zero-order chi connectivity index (χ0) is 11.3. The fraction of sp³-hybridized carbons (Fsp3) is 0.500. The molecule has 1 aromatic rings. The van der Waals surface area contributed by atoms with Crippen molar-refractivity contribution >= 4 is 17.3 Å². The molecule has 0 aliphatic heterocycles. The standard InChI is InChI=1S/C12H19ClN2/c1-10(14)9-11-3-5-12(6-4-11)15(2)8-7-13/h3-6,10H,7-9,14H2,1-2H3. The second-order valence-corrected chi connectivity index (χ2v) is 4.34. The predicted molar refractivity (Wildman–Crippen MR) is 67.8 cm³/mol. The lowest BCUT2D eigenvalue weighted by atomic mass is 10.1. The third-order valence-electron chi connectivity index (χ3n) is 2.35. The zero-order valence-corrected chi connectivity index (χ0v) is 10.2. The Balaban J connectivity index is 2.63. The SMILES string of the molecule is CC(N)Cc1ccc(N(C)CCCl)cc1. The van der Waals surface area contributed by atoms with E-state index in [-0.39, 0.29) is 6.04 Å². The van der Waals surface area contributed by atoms with Crippen LogP contribution in [0.2, 0.25) is 0 Å². The third-order valence-corrected chi connectivity index (χ3v) is 2.52. The Morgan fingerprint density at radius 2 is 1.93 bits per heavy atom. The van der Waals surface area contributed by atoms with E-state index in [1.165, 1.54) is 11.3 Å². The van der Waals surface area contributed by atoms with Crippen molar-refractivity contribution in [2.24, 2.45) is 5.73 Å². The van der Waals surface area contributed by atoms with Crippen LogP contribution < -0.4 is 10.6 Å². The smallest absolute Gasteiger partial charge is 0.0399 e. The molecule has 0 fully saturated rings. The van der Waals surface area contributed by atoms with Crippen molar-refractivity contribution in [2.45, 2.75) is 19.4 Å². The molecular formula is C12H19ClN2. The minimum absolute atomic E-state index is 0.219. The molecule has 1 rings (SSSR count). The Bertz CT molecular complexity index is 282. The molecule has 0 saturated heterocycles. The Labute approximate surface area is 97.0 Å². The van der Waals surface area contributed by atoms with Crippen molar-refractivity contribution in [2.75, 3.05) is 24.4 Å². The number of benzene rings is 1. The van der Waals surface area contributed by atoms with Crippen molar-refractivity contribution in [3.05, 3.63) is 29.8 Å². The number of anilines is 1. The van der Waals surface area contributed by atoms with Crippen molar-refractivity contribution in [3.63, 3.8) is 0 Å². The first-order valence-electron chi connectivity index (χ1n) is 5.25. The van der Waals surface area contributed by atoms with Crippen LogP contribution in [0.5, 0.6) is 0 Å². The maximum absolute atomic E-state index is 5.74. The van der Waals surface area contributed by atoms with Crippen molar-refractivity contribution in [3.8, 4) is 0 Å². The number of hydrogen-bond acceptors (Lipinski definition) is 2. The Morgan fingerprint density at radius 1 is 1.33 bits per heavy atom. The third kappa shape index (κ3) is 4.10. The summed E-state index contributed by atoms with van der Waals surface area (Å²) in [7, 11) is 2.04. The second-order valence-electron chi connectivity index (χ2n) is 3.96. The van der Waals surface area contributed by atoms with E-state index in [1.54, 1.807) is 0 Å². The molecule has 84 valence electrons. The topological polar surface area (TPSA) is 29.3 Å². The maximum atomic E-state index is 5.74. The van der Waals surface area contributed by atoms with Crippen LogP contribution in [0.15, 0.2) is 24.3 Å². The summed E-state index contributed by atoms with van der Waals surface area (Å²) in [4.78, 5) is 2.14. The monoisotopic (exact) mass is 226 g/mol. The van der Waals surface area contributed by atoms with Crippen LogP contribution in [0.1, 0.15) is 12.5 Å². The van der Waals surface area contributed by atoms with E-state index < -0.39 is 0 Å². The van der Waals surface area contributed by atoms with Gasteiger partial charge in [0, 0.05) is 31.2 Å². The van der Waals surface area contributed by atoms with Gasteiger partial charge < -0.3 is 10.6 Å². The van der Waals surface area contributed by atoms with Gasteiger partial charge in [-0.3, -0.25) is 0 Å². The lowest BCUT2D eigenvalue weighted by Gasteiger charge is -2.18.